The van der Waals surface area contributed by atoms with E-state index in [-0.39, 0.29) is 11.8 Å². The molecule has 1 unspecified atom stereocenters. The van der Waals surface area contributed by atoms with E-state index in [2.05, 4.69) is 10.6 Å². The lowest BCUT2D eigenvalue weighted by molar-refractivity contribution is -0.125. The van der Waals surface area contributed by atoms with Crippen LogP contribution in [0.3, 0.4) is 0 Å². The highest BCUT2D eigenvalue weighted by atomic mass is 16.5. The van der Waals surface area contributed by atoms with Crippen LogP contribution in [-0.2, 0) is 11.3 Å². The molecule has 0 aliphatic carbocycles. The van der Waals surface area contributed by atoms with Gasteiger partial charge in [0.2, 0.25) is 5.91 Å². The zero-order valence-corrected chi connectivity index (χ0v) is 11.4. The van der Waals surface area contributed by atoms with Gasteiger partial charge in [0.25, 0.3) is 0 Å². The first-order chi connectivity index (χ1) is 9.31. The highest BCUT2D eigenvalue weighted by Gasteiger charge is 2.20. The summed E-state index contributed by atoms with van der Waals surface area (Å²) in [6.07, 6.45) is 2.06. The third-order valence-electron chi connectivity index (χ3n) is 3.39. The van der Waals surface area contributed by atoms with Crippen molar-refractivity contribution >= 4 is 5.91 Å². The summed E-state index contributed by atoms with van der Waals surface area (Å²) >= 11 is 0. The van der Waals surface area contributed by atoms with Gasteiger partial charge < -0.3 is 15.4 Å². The molecule has 1 aromatic carbocycles. The molecule has 0 aromatic heterocycles. The molecule has 0 saturated carbocycles. The van der Waals surface area contributed by atoms with Gasteiger partial charge in [-0.3, -0.25) is 4.79 Å². The maximum Gasteiger partial charge on any atom is 0.224 e. The number of nitrogens with one attached hydrogen (secondary N) is 2. The molecule has 1 atom stereocenters. The topological polar surface area (TPSA) is 50.4 Å². The molecule has 1 aliphatic rings. The van der Waals surface area contributed by atoms with E-state index < -0.39 is 0 Å². The first kappa shape index (κ1) is 13.9. The van der Waals surface area contributed by atoms with E-state index in [0.29, 0.717) is 13.2 Å². The Morgan fingerprint density at radius 1 is 1.47 bits per heavy atom. The van der Waals surface area contributed by atoms with Gasteiger partial charge in [0.05, 0.1) is 12.5 Å². The molecule has 4 nitrogen and oxygen atoms in total. The van der Waals surface area contributed by atoms with Crippen LogP contribution in [0.5, 0.6) is 5.75 Å². The summed E-state index contributed by atoms with van der Waals surface area (Å²) in [6, 6.07) is 7.84. The van der Waals surface area contributed by atoms with Gasteiger partial charge in [-0.25, -0.2) is 0 Å². The molecular weight excluding hydrogens is 240 g/mol. The second kappa shape index (κ2) is 7.14. The molecule has 2 N–H and O–H groups in total. The second-order valence-corrected chi connectivity index (χ2v) is 4.80. The normalized spacial score (nSPS) is 18.9. The van der Waals surface area contributed by atoms with Crippen molar-refractivity contribution in [2.45, 2.75) is 26.3 Å². The number of amides is 1. The Morgan fingerprint density at radius 2 is 2.32 bits per heavy atom. The SMILES string of the molecule is CCOc1ccccc1CNC(=O)C1CCCNC1. The molecule has 0 spiro atoms. The number of piperidine rings is 1. The zero-order valence-electron chi connectivity index (χ0n) is 11.4. The predicted molar refractivity (Wildman–Crippen MR) is 75.1 cm³/mol. The Balaban J connectivity index is 1.89. The fraction of sp³-hybridized carbons (Fsp3) is 0.533. The van der Waals surface area contributed by atoms with Crippen LogP contribution in [0.1, 0.15) is 25.3 Å². The highest BCUT2D eigenvalue weighted by molar-refractivity contribution is 5.79. The Labute approximate surface area is 114 Å². The largest absolute Gasteiger partial charge is 0.494 e. The molecule has 1 aliphatic heterocycles. The number of benzene rings is 1. The summed E-state index contributed by atoms with van der Waals surface area (Å²) in [5.74, 6) is 1.10. The van der Waals surface area contributed by atoms with Crippen molar-refractivity contribution in [3.63, 3.8) is 0 Å². The molecule has 4 heteroatoms. The van der Waals surface area contributed by atoms with Crippen LogP contribution in [0.2, 0.25) is 0 Å². The summed E-state index contributed by atoms with van der Waals surface area (Å²) < 4.78 is 5.55. The van der Waals surface area contributed by atoms with Crippen LogP contribution in [-0.4, -0.2) is 25.6 Å². The smallest absolute Gasteiger partial charge is 0.224 e. The predicted octanol–water partition coefficient (Wildman–Crippen LogP) is 1.70. The fourth-order valence-corrected chi connectivity index (χ4v) is 2.35. The van der Waals surface area contributed by atoms with Gasteiger partial charge in [0.1, 0.15) is 5.75 Å². The maximum absolute atomic E-state index is 12.0. The van der Waals surface area contributed by atoms with E-state index in [4.69, 9.17) is 4.74 Å². The number of ether oxygens (including phenoxy) is 1. The van der Waals surface area contributed by atoms with E-state index >= 15 is 0 Å². The van der Waals surface area contributed by atoms with Crippen molar-refractivity contribution in [1.82, 2.24) is 10.6 Å². The Kier molecular flexibility index (Phi) is 5.21. The fourth-order valence-electron chi connectivity index (χ4n) is 2.35. The minimum absolute atomic E-state index is 0.105. The Hall–Kier alpha value is -1.55. The number of carbonyl (C=O) groups excluding carboxylic acids is 1. The van der Waals surface area contributed by atoms with E-state index in [1.807, 2.05) is 31.2 Å². The summed E-state index contributed by atoms with van der Waals surface area (Å²) in [7, 11) is 0. The van der Waals surface area contributed by atoms with Crippen LogP contribution in [0.15, 0.2) is 24.3 Å². The van der Waals surface area contributed by atoms with Gasteiger partial charge in [-0.15, -0.1) is 0 Å². The van der Waals surface area contributed by atoms with Gasteiger partial charge in [-0.05, 0) is 32.4 Å². The number of rotatable bonds is 5. The molecular formula is C15H22N2O2. The van der Waals surface area contributed by atoms with Crippen LogP contribution >= 0.6 is 0 Å². The third kappa shape index (κ3) is 3.96. The van der Waals surface area contributed by atoms with Gasteiger partial charge in [-0.1, -0.05) is 18.2 Å². The van der Waals surface area contributed by atoms with E-state index in [9.17, 15) is 4.79 Å². The molecule has 1 saturated heterocycles. The lowest BCUT2D eigenvalue weighted by atomic mass is 9.99. The van der Waals surface area contributed by atoms with Gasteiger partial charge in [-0.2, -0.15) is 0 Å². The zero-order chi connectivity index (χ0) is 13.5. The molecule has 104 valence electrons. The standard InChI is InChI=1S/C15H22N2O2/c1-2-19-14-8-4-3-6-12(14)11-17-15(18)13-7-5-9-16-10-13/h3-4,6,8,13,16H,2,5,7,9-11H2,1H3,(H,17,18). The average molecular weight is 262 g/mol. The minimum atomic E-state index is 0.105. The van der Waals surface area contributed by atoms with Gasteiger partial charge in [0.15, 0.2) is 0 Å². The van der Waals surface area contributed by atoms with E-state index in [0.717, 1.165) is 37.2 Å². The third-order valence-corrected chi connectivity index (χ3v) is 3.39. The molecule has 0 bridgehead atoms. The molecule has 1 heterocycles. The lowest BCUT2D eigenvalue weighted by Gasteiger charge is -2.22. The van der Waals surface area contributed by atoms with Crippen molar-refractivity contribution in [2.75, 3.05) is 19.7 Å². The van der Waals surface area contributed by atoms with Crippen molar-refractivity contribution < 1.29 is 9.53 Å². The summed E-state index contributed by atoms with van der Waals surface area (Å²) in [4.78, 5) is 12.0. The van der Waals surface area contributed by atoms with Gasteiger partial charge in [0, 0.05) is 18.7 Å². The molecule has 1 amide bonds. The second-order valence-electron chi connectivity index (χ2n) is 4.80. The van der Waals surface area contributed by atoms with Crippen molar-refractivity contribution in [2.24, 2.45) is 5.92 Å². The average Bonchev–Trinajstić information content (AvgIpc) is 2.47. The lowest BCUT2D eigenvalue weighted by Crippen LogP contribution is -2.40. The Bertz CT molecular complexity index is 414. The highest BCUT2D eigenvalue weighted by Crippen LogP contribution is 2.18. The molecule has 2 rings (SSSR count). The molecule has 0 radical (unpaired) electrons. The number of hydrogen-bond donors (Lipinski definition) is 2. The first-order valence-corrected chi connectivity index (χ1v) is 7.00. The number of hydrogen-bond acceptors (Lipinski definition) is 3. The van der Waals surface area contributed by atoms with Crippen LogP contribution in [0.4, 0.5) is 0 Å². The van der Waals surface area contributed by atoms with Crippen LogP contribution in [0.25, 0.3) is 0 Å². The maximum atomic E-state index is 12.0. The van der Waals surface area contributed by atoms with Crippen molar-refractivity contribution in [3.05, 3.63) is 29.8 Å². The monoisotopic (exact) mass is 262 g/mol. The minimum Gasteiger partial charge on any atom is -0.494 e. The van der Waals surface area contributed by atoms with Crippen molar-refractivity contribution in [3.8, 4) is 5.75 Å². The quantitative estimate of drug-likeness (QED) is 0.849. The van der Waals surface area contributed by atoms with Crippen LogP contribution in [0, 0.1) is 5.92 Å². The Morgan fingerprint density at radius 3 is 3.05 bits per heavy atom. The molecule has 1 aromatic rings. The number of para-hydroxylation sites is 1. The van der Waals surface area contributed by atoms with Gasteiger partial charge >= 0.3 is 0 Å². The number of carbonyl (C=O) groups is 1. The summed E-state index contributed by atoms with van der Waals surface area (Å²) in [5.41, 5.74) is 1.03. The molecule has 19 heavy (non-hydrogen) atoms. The van der Waals surface area contributed by atoms with Crippen LogP contribution < -0.4 is 15.4 Å². The van der Waals surface area contributed by atoms with E-state index in [1.54, 1.807) is 0 Å². The first-order valence-electron chi connectivity index (χ1n) is 7.00. The summed E-state index contributed by atoms with van der Waals surface area (Å²) in [6.45, 7) is 4.95. The van der Waals surface area contributed by atoms with E-state index in [1.165, 1.54) is 0 Å². The molecule has 1 fully saturated rings. The summed E-state index contributed by atoms with van der Waals surface area (Å²) in [5, 5.41) is 6.27. The van der Waals surface area contributed by atoms with Crippen molar-refractivity contribution in [1.29, 1.82) is 0 Å².